The van der Waals surface area contributed by atoms with Gasteiger partial charge in [-0.05, 0) is 37.7 Å². The minimum atomic E-state index is -1.05. The van der Waals surface area contributed by atoms with Crippen molar-refractivity contribution in [2.75, 3.05) is 20.3 Å². The van der Waals surface area contributed by atoms with Gasteiger partial charge in [0.05, 0.1) is 12.2 Å². The molecule has 2 rings (SSSR count). The van der Waals surface area contributed by atoms with Gasteiger partial charge in [0.15, 0.2) is 0 Å². The van der Waals surface area contributed by atoms with Crippen molar-refractivity contribution in [1.82, 2.24) is 0 Å². The molecule has 1 saturated carbocycles. The summed E-state index contributed by atoms with van der Waals surface area (Å²) in [5, 5.41) is 21.4. The van der Waals surface area contributed by atoms with E-state index in [0.717, 1.165) is 12.8 Å². The van der Waals surface area contributed by atoms with Gasteiger partial charge in [-0.3, -0.25) is 0 Å². The lowest BCUT2D eigenvalue weighted by atomic mass is 9.75. The minimum Gasteiger partial charge on any atom is -0.491 e. The average molecular weight is 294 g/mol. The third-order valence-corrected chi connectivity index (χ3v) is 4.41. The van der Waals surface area contributed by atoms with Crippen molar-refractivity contribution in [2.45, 2.75) is 44.3 Å². The van der Waals surface area contributed by atoms with Crippen molar-refractivity contribution in [3.05, 3.63) is 29.8 Å². The quantitative estimate of drug-likeness (QED) is 0.792. The lowest BCUT2D eigenvalue weighted by molar-refractivity contribution is -0.106. The summed E-state index contributed by atoms with van der Waals surface area (Å²) in [5.41, 5.74) is -0.390. The first-order valence-electron chi connectivity index (χ1n) is 7.68. The van der Waals surface area contributed by atoms with E-state index in [1.165, 1.54) is 0 Å². The molecule has 1 unspecified atom stereocenters. The highest BCUT2D eigenvalue weighted by atomic mass is 16.5. The van der Waals surface area contributed by atoms with Crippen LogP contribution in [0.25, 0.3) is 0 Å². The summed E-state index contributed by atoms with van der Waals surface area (Å²) in [6.07, 6.45) is 2.23. The molecule has 0 aliphatic heterocycles. The number of aliphatic hydroxyl groups is 2. The highest BCUT2D eigenvalue weighted by Crippen LogP contribution is 2.42. The molecule has 118 valence electrons. The summed E-state index contributed by atoms with van der Waals surface area (Å²) in [6, 6.07) is 7.37. The lowest BCUT2D eigenvalue weighted by Gasteiger charge is -2.39. The van der Waals surface area contributed by atoms with E-state index >= 15 is 0 Å². The van der Waals surface area contributed by atoms with Crippen LogP contribution in [0, 0.1) is 5.92 Å². The zero-order valence-corrected chi connectivity index (χ0v) is 12.9. The monoisotopic (exact) mass is 294 g/mol. The van der Waals surface area contributed by atoms with E-state index < -0.39 is 11.7 Å². The molecule has 0 saturated heterocycles. The predicted octanol–water partition coefficient (Wildman–Crippen LogP) is 2.69. The van der Waals surface area contributed by atoms with Crippen LogP contribution in [0.1, 0.15) is 44.3 Å². The predicted molar refractivity (Wildman–Crippen MR) is 81.4 cm³/mol. The van der Waals surface area contributed by atoms with Gasteiger partial charge in [0.1, 0.15) is 18.5 Å². The molecule has 0 amide bonds. The molecule has 1 fully saturated rings. The van der Waals surface area contributed by atoms with E-state index in [0.29, 0.717) is 43.3 Å². The molecule has 0 bridgehead atoms. The van der Waals surface area contributed by atoms with Crippen molar-refractivity contribution < 1.29 is 19.7 Å². The first-order valence-corrected chi connectivity index (χ1v) is 7.68. The van der Waals surface area contributed by atoms with Crippen molar-refractivity contribution in [3.63, 3.8) is 0 Å². The van der Waals surface area contributed by atoms with Crippen LogP contribution in [0.5, 0.6) is 5.75 Å². The molecular formula is C17H26O4. The second kappa shape index (κ2) is 7.25. The summed E-state index contributed by atoms with van der Waals surface area (Å²) in [4.78, 5) is 0. The Labute approximate surface area is 126 Å². The summed E-state index contributed by atoms with van der Waals surface area (Å²) in [5.74, 6) is 1.24. The second-order valence-corrected chi connectivity index (χ2v) is 6.07. The van der Waals surface area contributed by atoms with E-state index in [1.807, 2.05) is 24.3 Å². The Morgan fingerprint density at radius 1 is 1.24 bits per heavy atom. The number of para-hydroxylation sites is 1. The second-order valence-electron chi connectivity index (χ2n) is 6.07. The molecule has 21 heavy (non-hydrogen) atoms. The van der Waals surface area contributed by atoms with Crippen LogP contribution in [-0.4, -0.2) is 36.1 Å². The Hall–Kier alpha value is -1.10. The molecule has 4 heteroatoms. The number of hydrogen-bond donors (Lipinski definition) is 2. The normalized spacial score (nSPS) is 27.3. The molecule has 1 atom stereocenters. The molecule has 1 aliphatic carbocycles. The highest BCUT2D eigenvalue weighted by Gasteiger charge is 2.40. The van der Waals surface area contributed by atoms with Crippen LogP contribution in [0.15, 0.2) is 24.3 Å². The van der Waals surface area contributed by atoms with Crippen molar-refractivity contribution in [1.29, 1.82) is 0 Å². The smallest absolute Gasteiger partial charge is 0.125 e. The van der Waals surface area contributed by atoms with Crippen LogP contribution in [0.2, 0.25) is 0 Å². The fraction of sp³-hybridized carbons (Fsp3) is 0.647. The summed E-state index contributed by atoms with van der Waals surface area (Å²) < 4.78 is 10.6. The van der Waals surface area contributed by atoms with Crippen molar-refractivity contribution in [2.24, 2.45) is 5.92 Å². The molecule has 0 radical (unpaired) electrons. The Morgan fingerprint density at radius 3 is 2.57 bits per heavy atom. The van der Waals surface area contributed by atoms with Gasteiger partial charge in [-0.25, -0.2) is 0 Å². The number of rotatable bonds is 6. The van der Waals surface area contributed by atoms with E-state index in [4.69, 9.17) is 9.47 Å². The maximum absolute atomic E-state index is 10.8. The number of ether oxygens (including phenoxy) is 2. The van der Waals surface area contributed by atoms with Crippen molar-refractivity contribution >= 4 is 0 Å². The average Bonchev–Trinajstić information content (AvgIpc) is 2.50. The fourth-order valence-corrected chi connectivity index (χ4v) is 2.90. The van der Waals surface area contributed by atoms with Gasteiger partial charge >= 0.3 is 0 Å². The summed E-state index contributed by atoms with van der Waals surface area (Å²) >= 11 is 0. The maximum Gasteiger partial charge on any atom is 0.125 e. The third-order valence-electron chi connectivity index (χ3n) is 4.41. The van der Waals surface area contributed by atoms with Crippen LogP contribution in [0.3, 0.4) is 0 Å². The Bertz CT molecular complexity index is 438. The van der Waals surface area contributed by atoms with Gasteiger partial charge in [0.25, 0.3) is 0 Å². The summed E-state index contributed by atoms with van der Waals surface area (Å²) in [6.45, 7) is 3.11. The molecule has 1 aromatic rings. The van der Waals surface area contributed by atoms with Gasteiger partial charge in [-0.2, -0.15) is 0 Å². The van der Waals surface area contributed by atoms with Crippen LogP contribution in [0.4, 0.5) is 0 Å². The molecule has 4 nitrogen and oxygen atoms in total. The molecule has 2 N–H and O–H groups in total. The van der Waals surface area contributed by atoms with Crippen molar-refractivity contribution in [3.8, 4) is 5.75 Å². The van der Waals surface area contributed by atoms with E-state index in [1.54, 1.807) is 7.11 Å². The summed E-state index contributed by atoms with van der Waals surface area (Å²) in [7, 11) is 1.62. The first kappa shape index (κ1) is 16.3. The molecule has 0 heterocycles. The van der Waals surface area contributed by atoms with Crippen LogP contribution < -0.4 is 4.74 Å². The zero-order valence-electron chi connectivity index (χ0n) is 12.9. The largest absolute Gasteiger partial charge is 0.491 e. The lowest BCUT2D eigenvalue weighted by Crippen LogP contribution is -2.40. The molecule has 1 aromatic carbocycles. The van der Waals surface area contributed by atoms with E-state index in [-0.39, 0.29) is 0 Å². The van der Waals surface area contributed by atoms with Gasteiger partial charge in [-0.1, -0.05) is 25.1 Å². The standard InChI is InChI=1S/C17H26O4/c1-13-7-9-17(19,10-8-13)16(18)14-5-3-4-6-15(14)21-12-11-20-2/h3-6,13,16,18-19H,7-12H2,1-2H3. The van der Waals surface area contributed by atoms with Gasteiger partial charge in [-0.15, -0.1) is 0 Å². The number of benzene rings is 1. The first-order chi connectivity index (χ1) is 10.1. The van der Waals surface area contributed by atoms with E-state index in [2.05, 4.69) is 6.92 Å². The third kappa shape index (κ3) is 3.96. The Morgan fingerprint density at radius 2 is 1.90 bits per heavy atom. The Kier molecular flexibility index (Phi) is 5.62. The molecule has 0 aromatic heterocycles. The van der Waals surface area contributed by atoms with Gasteiger partial charge in [0, 0.05) is 12.7 Å². The van der Waals surface area contributed by atoms with E-state index in [9.17, 15) is 10.2 Å². The van der Waals surface area contributed by atoms with Crippen LogP contribution >= 0.6 is 0 Å². The number of aliphatic hydroxyl groups excluding tert-OH is 1. The fourth-order valence-electron chi connectivity index (χ4n) is 2.90. The van der Waals surface area contributed by atoms with Crippen LogP contribution in [-0.2, 0) is 4.74 Å². The highest BCUT2D eigenvalue weighted by molar-refractivity contribution is 5.36. The van der Waals surface area contributed by atoms with Gasteiger partial charge < -0.3 is 19.7 Å². The zero-order chi connectivity index (χ0) is 15.3. The maximum atomic E-state index is 10.8. The molecule has 1 aliphatic rings. The number of methoxy groups -OCH3 is 1. The van der Waals surface area contributed by atoms with Gasteiger partial charge in [0.2, 0.25) is 0 Å². The minimum absolute atomic E-state index is 0.426. The molecule has 0 spiro atoms. The topological polar surface area (TPSA) is 58.9 Å². The number of hydrogen-bond acceptors (Lipinski definition) is 4. The molecular weight excluding hydrogens is 268 g/mol. The Balaban J connectivity index is 2.12. The SMILES string of the molecule is COCCOc1ccccc1C(O)C1(O)CCC(C)CC1.